The van der Waals surface area contributed by atoms with E-state index in [1.165, 1.54) is 0 Å². The lowest BCUT2D eigenvalue weighted by atomic mass is 9.85. The fraction of sp³-hybridized carbons (Fsp3) is 0.273. The Morgan fingerprint density at radius 2 is 1.96 bits per heavy atom. The number of primary amides is 1. The summed E-state index contributed by atoms with van der Waals surface area (Å²) < 4.78 is 11.7. The van der Waals surface area contributed by atoms with Gasteiger partial charge in [-0.3, -0.25) is 4.79 Å². The van der Waals surface area contributed by atoms with Gasteiger partial charge in [0.2, 0.25) is 11.8 Å². The minimum absolute atomic E-state index is 0.0854. The number of nitrogens with two attached hydrogens (primary N) is 1. The summed E-state index contributed by atoms with van der Waals surface area (Å²) in [4.78, 5) is 17.0. The minimum atomic E-state index is -1.24. The molecule has 146 valence electrons. The maximum absolute atomic E-state index is 12.4. The number of carbonyl (C=O) groups is 1. The van der Waals surface area contributed by atoms with Crippen molar-refractivity contribution in [2.75, 3.05) is 13.2 Å². The Bertz CT molecular complexity index is 849. The van der Waals surface area contributed by atoms with Crippen molar-refractivity contribution >= 4 is 11.8 Å². The molecule has 0 radical (unpaired) electrons. The van der Waals surface area contributed by atoms with Crippen molar-refractivity contribution in [1.82, 2.24) is 0 Å². The molecule has 0 fully saturated rings. The summed E-state index contributed by atoms with van der Waals surface area (Å²) in [5.41, 5.74) is 6.07. The molecule has 6 nitrogen and oxygen atoms in total. The van der Waals surface area contributed by atoms with E-state index in [2.05, 4.69) is 11.6 Å². The average Bonchev–Trinajstić information content (AvgIpc) is 3.11. The van der Waals surface area contributed by atoms with E-state index in [1.54, 1.807) is 18.2 Å². The Balaban J connectivity index is 1.91. The molecule has 0 unspecified atom stereocenters. The predicted octanol–water partition coefficient (Wildman–Crippen LogP) is 2.77. The van der Waals surface area contributed by atoms with Gasteiger partial charge in [-0.05, 0) is 29.8 Å². The maximum atomic E-state index is 12.4. The third-order valence-corrected chi connectivity index (χ3v) is 4.62. The van der Waals surface area contributed by atoms with Crippen LogP contribution in [0, 0.1) is 0 Å². The Hall–Kier alpha value is -3.12. The lowest BCUT2D eigenvalue weighted by Gasteiger charge is -2.27. The van der Waals surface area contributed by atoms with E-state index in [-0.39, 0.29) is 13.0 Å². The molecule has 2 atom stereocenters. The Kier molecular flexibility index (Phi) is 6.11. The van der Waals surface area contributed by atoms with Crippen LogP contribution in [0.15, 0.2) is 72.2 Å². The van der Waals surface area contributed by atoms with Crippen LogP contribution < -0.4 is 10.5 Å². The topological polar surface area (TPSA) is 94.1 Å². The second-order valence-electron chi connectivity index (χ2n) is 6.56. The fourth-order valence-electron chi connectivity index (χ4n) is 3.19. The lowest BCUT2D eigenvalue weighted by molar-refractivity contribution is -0.125. The molecule has 0 saturated heterocycles. The summed E-state index contributed by atoms with van der Waals surface area (Å²) >= 11 is 0. The van der Waals surface area contributed by atoms with Gasteiger partial charge in [0.05, 0.1) is 6.61 Å². The van der Waals surface area contributed by atoms with Crippen LogP contribution in [0.3, 0.4) is 0 Å². The summed E-state index contributed by atoms with van der Waals surface area (Å²) in [6.45, 7) is 4.28. The number of aliphatic imine (C=N–C) groups is 1. The zero-order valence-corrected chi connectivity index (χ0v) is 15.6. The van der Waals surface area contributed by atoms with Gasteiger partial charge >= 0.3 is 0 Å². The normalized spacial score (nSPS) is 20.9. The monoisotopic (exact) mass is 380 g/mol. The number of benzene rings is 2. The molecule has 2 aromatic rings. The predicted molar refractivity (Wildman–Crippen MR) is 107 cm³/mol. The van der Waals surface area contributed by atoms with E-state index in [0.29, 0.717) is 24.7 Å². The van der Waals surface area contributed by atoms with E-state index in [1.807, 2.05) is 42.5 Å². The van der Waals surface area contributed by atoms with Gasteiger partial charge in [0.15, 0.2) is 11.6 Å². The number of amides is 1. The number of ether oxygens (including phenoxy) is 2. The van der Waals surface area contributed by atoms with E-state index in [4.69, 9.17) is 20.3 Å². The molecule has 3 N–H and O–H groups in total. The molecule has 3 rings (SSSR count). The third kappa shape index (κ3) is 3.92. The molecule has 0 aromatic heterocycles. The standard InChI is InChI=1S/C22H24N2O4/c1-2-13-22(21(23)26)19(16-7-4-3-5-8-16)28-20(24-22)17-9-11-18(12-10-17)27-15-6-14-25/h2-5,7-12,19,25H,1,6,13-15H2,(H2,23,26)/t19-,22-/m0/s1. The van der Waals surface area contributed by atoms with Crippen LogP contribution in [-0.4, -0.2) is 35.7 Å². The van der Waals surface area contributed by atoms with Crippen LogP contribution in [0.4, 0.5) is 0 Å². The highest BCUT2D eigenvalue weighted by Crippen LogP contribution is 2.42. The van der Waals surface area contributed by atoms with Crippen molar-refractivity contribution < 1.29 is 19.4 Å². The fourth-order valence-corrected chi connectivity index (χ4v) is 3.19. The molecule has 1 aliphatic rings. The van der Waals surface area contributed by atoms with Crippen LogP contribution in [0.25, 0.3) is 0 Å². The number of aliphatic hydroxyl groups excluding tert-OH is 1. The van der Waals surface area contributed by atoms with Gasteiger partial charge in [0.25, 0.3) is 0 Å². The molecular formula is C22H24N2O4. The van der Waals surface area contributed by atoms with Gasteiger partial charge in [-0.25, -0.2) is 4.99 Å². The van der Waals surface area contributed by atoms with Crippen molar-refractivity contribution in [2.24, 2.45) is 10.7 Å². The molecule has 0 spiro atoms. The maximum Gasteiger partial charge on any atom is 0.250 e. The lowest BCUT2D eigenvalue weighted by Crippen LogP contribution is -2.45. The summed E-state index contributed by atoms with van der Waals surface area (Å²) in [7, 11) is 0. The first-order chi connectivity index (χ1) is 13.6. The summed E-state index contributed by atoms with van der Waals surface area (Å²) in [5, 5.41) is 8.83. The molecule has 2 aromatic carbocycles. The van der Waals surface area contributed by atoms with E-state index in [0.717, 1.165) is 11.1 Å². The largest absolute Gasteiger partial charge is 0.494 e. The van der Waals surface area contributed by atoms with Crippen molar-refractivity contribution in [1.29, 1.82) is 0 Å². The van der Waals surface area contributed by atoms with Gasteiger partial charge in [-0.1, -0.05) is 36.4 Å². The molecule has 1 amide bonds. The smallest absolute Gasteiger partial charge is 0.250 e. The highest BCUT2D eigenvalue weighted by molar-refractivity contribution is 6.00. The van der Waals surface area contributed by atoms with Crippen LogP contribution in [0.5, 0.6) is 5.75 Å². The van der Waals surface area contributed by atoms with Crippen LogP contribution in [-0.2, 0) is 9.53 Å². The molecule has 0 saturated carbocycles. The number of nitrogens with zero attached hydrogens (tertiary/aromatic N) is 1. The minimum Gasteiger partial charge on any atom is -0.494 e. The number of carbonyl (C=O) groups excluding carboxylic acids is 1. The molecule has 0 bridgehead atoms. The third-order valence-electron chi connectivity index (χ3n) is 4.62. The average molecular weight is 380 g/mol. The van der Waals surface area contributed by atoms with E-state index < -0.39 is 17.6 Å². The Morgan fingerprint density at radius 1 is 1.25 bits per heavy atom. The number of aliphatic hydroxyl groups is 1. The molecule has 28 heavy (non-hydrogen) atoms. The van der Waals surface area contributed by atoms with E-state index in [9.17, 15) is 4.79 Å². The van der Waals surface area contributed by atoms with Gasteiger partial charge in [0.1, 0.15) is 5.75 Å². The van der Waals surface area contributed by atoms with Crippen molar-refractivity contribution in [3.8, 4) is 5.75 Å². The number of hydrogen-bond donors (Lipinski definition) is 2. The highest BCUT2D eigenvalue weighted by Gasteiger charge is 2.51. The molecule has 6 heteroatoms. The van der Waals surface area contributed by atoms with Crippen LogP contribution in [0.2, 0.25) is 0 Å². The first-order valence-electron chi connectivity index (χ1n) is 9.17. The van der Waals surface area contributed by atoms with Gasteiger partial charge in [0, 0.05) is 25.0 Å². The first-order valence-corrected chi connectivity index (χ1v) is 9.17. The van der Waals surface area contributed by atoms with Crippen molar-refractivity contribution in [3.05, 3.63) is 78.4 Å². The quantitative estimate of drug-likeness (QED) is 0.517. The second kappa shape index (κ2) is 8.71. The van der Waals surface area contributed by atoms with Crippen molar-refractivity contribution in [2.45, 2.75) is 24.5 Å². The molecule has 1 aliphatic heterocycles. The zero-order chi connectivity index (χ0) is 20.0. The van der Waals surface area contributed by atoms with E-state index >= 15 is 0 Å². The summed E-state index contributed by atoms with van der Waals surface area (Å²) in [6.07, 6.45) is 1.85. The highest BCUT2D eigenvalue weighted by atomic mass is 16.5. The molecule has 0 aliphatic carbocycles. The zero-order valence-electron chi connectivity index (χ0n) is 15.6. The van der Waals surface area contributed by atoms with Crippen LogP contribution in [0.1, 0.15) is 30.1 Å². The second-order valence-corrected chi connectivity index (χ2v) is 6.56. The Morgan fingerprint density at radius 3 is 2.57 bits per heavy atom. The number of rotatable bonds is 9. The summed E-state index contributed by atoms with van der Waals surface area (Å²) in [5.74, 6) is 0.485. The number of hydrogen-bond acceptors (Lipinski definition) is 5. The summed E-state index contributed by atoms with van der Waals surface area (Å²) in [6, 6.07) is 16.7. The van der Waals surface area contributed by atoms with Crippen LogP contribution >= 0.6 is 0 Å². The SMILES string of the molecule is C=CC[C@]1(C(N)=O)N=C(c2ccc(OCCCO)cc2)O[C@H]1c1ccccc1. The first kappa shape index (κ1) is 19.6. The van der Waals surface area contributed by atoms with Gasteiger partial charge in [-0.15, -0.1) is 6.58 Å². The van der Waals surface area contributed by atoms with Gasteiger partial charge in [-0.2, -0.15) is 0 Å². The van der Waals surface area contributed by atoms with Gasteiger partial charge < -0.3 is 20.3 Å². The molecular weight excluding hydrogens is 356 g/mol. The molecule has 1 heterocycles. The Labute approximate surface area is 164 Å². The van der Waals surface area contributed by atoms with Crippen molar-refractivity contribution in [3.63, 3.8) is 0 Å².